The topological polar surface area (TPSA) is 82.4 Å². The molecule has 2 aromatic heterocycles. The third kappa shape index (κ3) is 3.09. The van der Waals surface area contributed by atoms with E-state index >= 15 is 0 Å². The Morgan fingerprint density at radius 3 is 3.00 bits per heavy atom. The van der Waals surface area contributed by atoms with Crippen LogP contribution in [0, 0.1) is 6.92 Å². The van der Waals surface area contributed by atoms with Gasteiger partial charge in [-0.1, -0.05) is 0 Å². The van der Waals surface area contributed by atoms with Gasteiger partial charge in [0, 0.05) is 26.0 Å². The van der Waals surface area contributed by atoms with Gasteiger partial charge in [0.05, 0.1) is 42.8 Å². The Bertz CT molecular complexity index is 730. The van der Waals surface area contributed by atoms with E-state index in [0.717, 1.165) is 5.69 Å². The van der Waals surface area contributed by atoms with Crippen LogP contribution in [-0.2, 0) is 16.5 Å². The zero-order valence-electron chi connectivity index (χ0n) is 14.1. The molecule has 0 amide bonds. The molecule has 2 aromatic rings. The van der Waals surface area contributed by atoms with E-state index in [-0.39, 0.29) is 6.04 Å². The molecule has 0 unspecified atom stereocenters. The number of esters is 1. The number of carbonyl (C=O) groups excluding carboxylic acids is 1. The summed E-state index contributed by atoms with van der Waals surface area (Å²) in [6, 6.07) is 1.95. The molecule has 3 rings (SSSR count). The summed E-state index contributed by atoms with van der Waals surface area (Å²) in [5.74, 6) is 0.182. The lowest BCUT2D eigenvalue weighted by molar-refractivity contribution is 0.0524. The molecule has 0 saturated carbocycles. The van der Waals surface area contributed by atoms with Crippen LogP contribution in [0.25, 0.3) is 0 Å². The second-order valence-corrected chi connectivity index (χ2v) is 5.55. The van der Waals surface area contributed by atoms with Crippen molar-refractivity contribution in [3.05, 3.63) is 35.4 Å². The zero-order valence-corrected chi connectivity index (χ0v) is 14.1. The van der Waals surface area contributed by atoms with Gasteiger partial charge in [0.1, 0.15) is 0 Å². The molecule has 8 nitrogen and oxygen atoms in total. The van der Waals surface area contributed by atoms with Gasteiger partial charge in [-0.3, -0.25) is 4.68 Å². The highest BCUT2D eigenvalue weighted by molar-refractivity contribution is 5.90. The van der Waals surface area contributed by atoms with Gasteiger partial charge in [0.15, 0.2) is 0 Å². The summed E-state index contributed by atoms with van der Waals surface area (Å²) in [6.45, 7) is 5.71. The van der Waals surface area contributed by atoms with Gasteiger partial charge >= 0.3 is 5.97 Å². The van der Waals surface area contributed by atoms with Crippen molar-refractivity contribution in [3.8, 4) is 0 Å². The Kier molecular flexibility index (Phi) is 4.75. The minimum Gasteiger partial charge on any atom is -0.462 e. The van der Waals surface area contributed by atoms with Crippen molar-refractivity contribution < 1.29 is 14.3 Å². The Morgan fingerprint density at radius 2 is 2.33 bits per heavy atom. The van der Waals surface area contributed by atoms with E-state index in [4.69, 9.17) is 9.47 Å². The van der Waals surface area contributed by atoms with Gasteiger partial charge in [-0.2, -0.15) is 5.10 Å². The molecule has 1 atom stereocenters. The highest BCUT2D eigenvalue weighted by Crippen LogP contribution is 2.27. The van der Waals surface area contributed by atoms with Crippen molar-refractivity contribution in [2.24, 2.45) is 7.05 Å². The van der Waals surface area contributed by atoms with Crippen LogP contribution in [0.3, 0.4) is 0 Å². The monoisotopic (exact) mass is 331 g/mol. The van der Waals surface area contributed by atoms with Crippen LogP contribution in [0.2, 0.25) is 0 Å². The average molecular weight is 331 g/mol. The molecule has 0 radical (unpaired) electrons. The summed E-state index contributed by atoms with van der Waals surface area (Å²) >= 11 is 0. The predicted molar refractivity (Wildman–Crippen MR) is 86.8 cm³/mol. The number of ether oxygens (including phenoxy) is 2. The molecule has 0 aliphatic carbocycles. The molecule has 24 heavy (non-hydrogen) atoms. The maximum atomic E-state index is 11.9. The standard InChI is InChI=1S/C16H21N5O3/c1-4-24-15(22)12-9-17-16(19-11(12)2)21-7-8-23-10-14(21)13-5-6-18-20(13)3/h5-6,9,14H,4,7-8,10H2,1-3H3/t14-/m1/s1. The van der Waals surface area contributed by atoms with E-state index in [1.807, 2.05) is 17.8 Å². The van der Waals surface area contributed by atoms with E-state index in [1.165, 1.54) is 6.20 Å². The minimum absolute atomic E-state index is 0.0147. The Morgan fingerprint density at radius 1 is 1.50 bits per heavy atom. The normalized spacial score (nSPS) is 17.8. The minimum atomic E-state index is -0.397. The SMILES string of the molecule is CCOC(=O)c1cnc(N2CCOC[C@@H]2c2ccnn2C)nc1C. The van der Waals surface area contributed by atoms with Crippen LogP contribution in [0.1, 0.15) is 34.7 Å². The molecule has 8 heteroatoms. The number of morpholine rings is 1. The number of nitrogens with zero attached hydrogens (tertiary/aromatic N) is 5. The first-order valence-electron chi connectivity index (χ1n) is 7.95. The molecule has 0 bridgehead atoms. The van der Waals surface area contributed by atoms with Crippen molar-refractivity contribution in [2.75, 3.05) is 31.3 Å². The Labute approximate surface area is 140 Å². The van der Waals surface area contributed by atoms with Gasteiger partial charge in [-0.15, -0.1) is 0 Å². The van der Waals surface area contributed by atoms with E-state index in [2.05, 4.69) is 20.0 Å². The van der Waals surface area contributed by atoms with Crippen molar-refractivity contribution in [1.82, 2.24) is 19.7 Å². The summed E-state index contributed by atoms with van der Waals surface area (Å²) < 4.78 is 12.5. The van der Waals surface area contributed by atoms with E-state index in [1.54, 1.807) is 20.0 Å². The van der Waals surface area contributed by atoms with Crippen LogP contribution >= 0.6 is 0 Å². The van der Waals surface area contributed by atoms with Crippen LogP contribution in [0.15, 0.2) is 18.5 Å². The second kappa shape index (κ2) is 6.96. The first kappa shape index (κ1) is 16.4. The van der Waals surface area contributed by atoms with Crippen molar-refractivity contribution >= 4 is 11.9 Å². The Balaban J connectivity index is 1.90. The van der Waals surface area contributed by atoms with E-state index < -0.39 is 5.97 Å². The summed E-state index contributed by atoms with van der Waals surface area (Å²) in [6.07, 6.45) is 3.30. The lowest BCUT2D eigenvalue weighted by Crippen LogP contribution is -2.41. The highest BCUT2D eigenvalue weighted by atomic mass is 16.5. The van der Waals surface area contributed by atoms with Crippen molar-refractivity contribution in [3.63, 3.8) is 0 Å². The van der Waals surface area contributed by atoms with Crippen molar-refractivity contribution in [2.45, 2.75) is 19.9 Å². The van der Waals surface area contributed by atoms with E-state index in [9.17, 15) is 4.79 Å². The molecule has 3 heterocycles. The number of aromatic nitrogens is 4. The molecule has 0 N–H and O–H groups in total. The number of carbonyl (C=O) groups is 1. The summed E-state index contributed by atoms with van der Waals surface area (Å²) in [7, 11) is 1.90. The third-order valence-electron chi connectivity index (χ3n) is 4.05. The molecule has 1 aliphatic heterocycles. The van der Waals surface area contributed by atoms with E-state index in [0.29, 0.717) is 43.6 Å². The van der Waals surface area contributed by atoms with Gasteiger partial charge in [0.2, 0.25) is 5.95 Å². The van der Waals surface area contributed by atoms with Gasteiger partial charge in [-0.25, -0.2) is 14.8 Å². The largest absolute Gasteiger partial charge is 0.462 e. The fraction of sp³-hybridized carbons (Fsp3) is 0.500. The first-order valence-corrected chi connectivity index (χ1v) is 7.95. The predicted octanol–water partition coefficient (Wildman–Crippen LogP) is 1.27. The van der Waals surface area contributed by atoms with Crippen molar-refractivity contribution in [1.29, 1.82) is 0 Å². The van der Waals surface area contributed by atoms with Crippen LogP contribution in [0.4, 0.5) is 5.95 Å². The molecular formula is C16H21N5O3. The molecule has 128 valence electrons. The fourth-order valence-electron chi connectivity index (χ4n) is 2.80. The maximum Gasteiger partial charge on any atom is 0.341 e. The number of anilines is 1. The third-order valence-corrected chi connectivity index (χ3v) is 4.05. The summed E-state index contributed by atoms with van der Waals surface area (Å²) in [5, 5.41) is 4.23. The average Bonchev–Trinajstić information content (AvgIpc) is 3.01. The van der Waals surface area contributed by atoms with Crippen LogP contribution in [-0.4, -0.2) is 52.1 Å². The van der Waals surface area contributed by atoms with Crippen LogP contribution < -0.4 is 4.90 Å². The second-order valence-electron chi connectivity index (χ2n) is 5.55. The molecule has 1 saturated heterocycles. The number of hydrogen-bond acceptors (Lipinski definition) is 7. The first-order chi connectivity index (χ1) is 11.6. The van der Waals surface area contributed by atoms with Gasteiger partial charge in [0.25, 0.3) is 0 Å². The maximum absolute atomic E-state index is 11.9. The lowest BCUT2D eigenvalue weighted by Gasteiger charge is -2.35. The quantitative estimate of drug-likeness (QED) is 0.780. The fourth-order valence-corrected chi connectivity index (χ4v) is 2.80. The number of aryl methyl sites for hydroxylation is 2. The smallest absolute Gasteiger partial charge is 0.341 e. The molecule has 0 spiro atoms. The number of hydrogen-bond donors (Lipinski definition) is 0. The van der Waals surface area contributed by atoms with Gasteiger partial charge in [-0.05, 0) is 19.9 Å². The molecule has 1 aliphatic rings. The summed E-state index contributed by atoms with van der Waals surface area (Å²) in [4.78, 5) is 22.9. The highest BCUT2D eigenvalue weighted by Gasteiger charge is 2.29. The molecule has 0 aromatic carbocycles. The summed E-state index contributed by atoms with van der Waals surface area (Å²) in [5.41, 5.74) is 2.03. The van der Waals surface area contributed by atoms with Gasteiger partial charge < -0.3 is 14.4 Å². The molecule has 1 fully saturated rings. The Hall–Kier alpha value is -2.48. The molecular weight excluding hydrogens is 310 g/mol. The zero-order chi connectivity index (χ0) is 17.1. The lowest BCUT2D eigenvalue weighted by atomic mass is 10.1. The van der Waals surface area contributed by atoms with Crippen LogP contribution in [0.5, 0.6) is 0 Å². The number of rotatable bonds is 4.